The van der Waals surface area contributed by atoms with Crippen molar-refractivity contribution in [3.05, 3.63) is 47.8 Å². The molecule has 1 aliphatic heterocycles. The number of anilines is 1. The molecule has 1 aromatic carbocycles. The largest absolute Gasteiger partial charge is 0.344 e. The normalized spacial score (nSPS) is 17.2. The van der Waals surface area contributed by atoms with Gasteiger partial charge in [0.15, 0.2) is 0 Å². The van der Waals surface area contributed by atoms with Crippen molar-refractivity contribution in [3.8, 4) is 0 Å². The van der Waals surface area contributed by atoms with Crippen LogP contribution in [0.1, 0.15) is 17.5 Å². The number of hydrogen-bond acceptors (Lipinski definition) is 3. The van der Waals surface area contributed by atoms with Crippen LogP contribution in [0.3, 0.4) is 0 Å². The van der Waals surface area contributed by atoms with Crippen molar-refractivity contribution in [3.63, 3.8) is 0 Å². The number of nitrogens with zero attached hydrogens (tertiary/aromatic N) is 3. The highest BCUT2D eigenvalue weighted by molar-refractivity contribution is 5.94. The van der Waals surface area contributed by atoms with Crippen LogP contribution in [-0.4, -0.2) is 46.3 Å². The molecule has 0 radical (unpaired) electrons. The average molecular weight is 327 g/mol. The van der Waals surface area contributed by atoms with Crippen LogP contribution in [0, 0.1) is 6.92 Å². The molecule has 1 unspecified atom stereocenters. The fourth-order valence-electron chi connectivity index (χ4n) is 2.72. The van der Waals surface area contributed by atoms with Crippen molar-refractivity contribution < 1.29 is 9.59 Å². The molecule has 1 atom stereocenters. The van der Waals surface area contributed by atoms with Crippen molar-refractivity contribution in [2.24, 2.45) is 0 Å². The lowest BCUT2D eigenvalue weighted by molar-refractivity contribution is -0.128. The van der Waals surface area contributed by atoms with E-state index in [2.05, 4.69) is 15.7 Å². The van der Waals surface area contributed by atoms with E-state index in [4.69, 9.17) is 0 Å². The average Bonchev–Trinajstić information content (AvgIpc) is 3.09. The van der Waals surface area contributed by atoms with E-state index in [1.54, 1.807) is 11.9 Å². The minimum atomic E-state index is -0.433. The van der Waals surface area contributed by atoms with Crippen LogP contribution < -0.4 is 10.6 Å². The molecule has 24 heavy (non-hydrogen) atoms. The minimum absolute atomic E-state index is 0.0463. The number of amides is 3. The second-order valence-corrected chi connectivity index (χ2v) is 6.11. The maximum Gasteiger partial charge on any atom is 0.319 e. The highest BCUT2D eigenvalue weighted by Gasteiger charge is 2.30. The number of aryl methyl sites for hydroxylation is 1. The molecule has 0 aliphatic carbocycles. The molecule has 0 bridgehead atoms. The van der Waals surface area contributed by atoms with E-state index in [9.17, 15) is 9.59 Å². The maximum atomic E-state index is 12.0. The van der Waals surface area contributed by atoms with E-state index in [0.717, 1.165) is 11.1 Å². The van der Waals surface area contributed by atoms with E-state index < -0.39 is 6.04 Å². The molecule has 1 fully saturated rings. The predicted octanol–water partition coefficient (Wildman–Crippen LogP) is 1.59. The van der Waals surface area contributed by atoms with Crippen molar-refractivity contribution in [2.45, 2.75) is 25.9 Å². The first kappa shape index (κ1) is 16.0. The molecule has 3 amide bonds. The Morgan fingerprint density at radius 3 is 2.67 bits per heavy atom. The van der Waals surface area contributed by atoms with E-state index in [-0.39, 0.29) is 11.9 Å². The molecule has 1 aliphatic rings. The highest BCUT2D eigenvalue weighted by Crippen LogP contribution is 2.12. The fourth-order valence-corrected chi connectivity index (χ4v) is 2.72. The van der Waals surface area contributed by atoms with Gasteiger partial charge in [0.25, 0.3) is 0 Å². The standard InChI is InChI=1S/C17H21N5O2/c1-12-9-18-22(10-12)11-13-3-5-14(6-4-13)19-17(24)20-15-7-8-21(2)16(15)23/h3-6,9-10,15H,7-8,11H2,1-2H3,(H2,19,20,24). The van der Waals surface area contributed by atoms with Crippen LogP contribution in [0.2, 0.25) is 0 Å². The van der Waals surface area contributed by atoms with Crippen molar-refractivity contribution in [1.29, 1.82) is 0 Å². The summed E-state index contributed by atoms with van der Waals surface area (Å²) in [4.78, 5) is 25.4. The second-order valence-electron chi connectivity index (χ2n) is 6.11. The Kier molecular flexibility index (Phi) is 4.50. The zero-order chi connectivity index (χ0) is 17.1. The molecule has 3 rings (SSSR count). The van der Waals surface area contributed by atoms with Crippen molar-refractivity contribution in [2.75, 3.05) is 18.9 Å². The highest BCUT2D eigenvalue weighted by atomic mass is 16.2. The number of carbonyl (C=O) groups is 2. The molecule has 2 heterocycles. The molecule has 2 N–H and O–H groups in total. The smallest absolute Gasteiger partial charge is 0.319 e. The van der Waals surface area contributed by atoms with E-state index in [1.165, 1.54) is 0 Å². The topological polar surface area (TPSA) is 79.3 Å². The lowest BCUT2D eigenvalue weighted by Crippen LogP contribution is -2.42. The molecule has 1 saturated heterocycles. The third-order valence-electron chi connectivity index (χ3n) is 4.05. The van der Waals surface area contributed by atoms with Crippen molar-refractivity contribution >= 4 is 17.6 Å². The van der Waals surface area contributed by atoms with Gasteiger partial charge in [-0.1, -0.05) is 12.1 Å². The van der Waals surface area contributed by atoms with Crippen LogP contribution in [0.4, 0.5) is 10.5 Å². The van der Waals surface area contributed by atoms with Gasteiger partial charge in [-0.05, 0) is 36.6 Å². The number of rotatable bonds is 4. The van der Waals surface area contributed by atoms with Crippen LogP contribution in [0.15, 0.2) is 36.7 Å². The van der Waals surface area contributed by atoms with Gasteiger partial charge in [-0.2, -0.15) is 5.10 Å². The van der Waals surface area contributed by atoms with Gasteiger partial charge < -0.3 is 15.5 Å². The number of likely N-dealkylation sites (N-methyl/N-ethyl adjacent to an activating group) is 1. The van der Waals surface area contributed by atoms with E-state index >= 15 is 0 Å². The van der Waals surface area contributed by atoms with Gasteiger partial charge in [-0.25, -0.2) is 4.79 Å². The Morgan fingerprint density at radius 1 is 1.33 bits per heavy atom. The molecule has 1 aromatic heterocycles. The summed E-state index contributed by atoms with van der Waals surface area (Å²) in [5, 5.41) is 9.72. The van der Waals surface area contributed by atoms with Gasteiger partial charge in [0.2, 0.25) is 5.91 Å². The summed E-state index contributed by atoms with van der Waals surface area (Å²) in [5.74, 6) is -0.0463. The lowest BCUT2D eigenvalue weighted by atomic mass is 10.2. The first-order valence-corrected chi connectivity index (χ1v) is 7.92. The summed E-state index contributed by atoms with van der Waals surface area (Å²) < 4.78 is 1.87. The first-order chi connectivity index (χ1) is 11.5. The fraction of sp³-hybridized carbons (Fsp3) is 0.353. The molecular formula is C17H21N5O2. The third kappa shape index (κ3) is 3.73. The summed E-state index contributed by atoms with van der Waals surface area (Å²) >= 11 is 0. The molecule has 7 heteroatoms. The Hall–Kier alpha value is -2.83. The number of urea groups is 1. The number of hydrogen-bond donors (Lipinski definition) is 2. The Morgan fingerprint density at radius 2 is 2.08 bits per heavy atom. The summed E-state index contributed by atoms with van der Waals surface area (Å²) in [6.07, 6.45) is 4.45. The van der Waals surface area contributed by atoms with Crippen molar-refractivity contribution in [1.82, 2.24) is 20.0 Å². The van der Waals surface area contributed by atoms with Crippen LogP contribution in [0.5, 0.6) is 0 Å². The minimum Gasteiger partial charge on any atom is -0.344 e. The molecule has 0 spiro atoms. The Balaban J connectivity index is 1.54. The summed E-state index contributed by atoms with van der Waals surface area (Å²) in [6, 6.07) is 6.78. The first-order valence-electron chi connectivity index (χ1n) is 7.92. The number of likely N-dealkylation sites (tertiary alicyclic amines) is 1. The molecule has 2 aromatic rings. The molecule has 7 nitrogen and oxygen atoms in total. The summed E-state index contributed by atoms with van der Waals surface area (Å²) in [6.45, 7) is 3.36. The van der Waals surface area contributed by atoms with Gasteiger partial charge in [0.05, 0.1) is 12.7 Å². The van der Waals surface area contributed by atoms with E-state index in [1.807, 2.05) is 48.3 Å². The Bertz CT molecular complexity index is 738. The SMILES string of the molecule is Cc1cnn(Cc2ccc(NC(=O)NC3CCN(C)C3=O)cc2)c1. The van der Waals surface area contributed by atoms with Gasteiger partial charge in [-0.15, -0.1) is 0 Å². The number of aromatic nitrogens is 2. The van der Waals surface area contributed by atoms with E-state index in [0.29, 0.717) is 25.2 Å². The summed E-state index contributed by atoms with van der Waals surface area (Å²) in [7, 11) is 1.74. The zero-order valence-corrected chi connectivity index (χ0v) is 13.8. The zero-order valence-electron chi connectivity index (χ0n) is 13.8. The van der Waals surface area contributed by atoms with Gasteiger partial charge in [0, 0.05) is 25.5 Å². The van der Waals surface area contributed by atoms with Crippen LogP contribution in [0.25, 0.3) is 0 Å². The van der Waals surface area contributed by atoms with Crippen LogP contribution in [-0.2, 0) is 11.3 Å². The third-order valence-corrected chi connectivity index (χ3v) is 4.05. The number of carbonyl (C=O) groups excluding carboxylic acids is 2. The molecular weight excluding hydrogens is 306 g/mol. The number of nitrogens with one attached hydrogen (secondary N) is 2. The molecule has 126 valence electrons. The predicted molar refractivity (Wildman–Crippen MR) is 90.7 cm³/mol. The molecule has 0 saturated carbocycles. The lowest BCUT2D eigenvalue weighted by Gasteiger charge is -2.13. The van der Waals surface area contributed by atoms with Gasteiger partial charge in [0.1, 0.15) is 6.04 Å². The second kappa shape index (κ2) is 6.74. The quantitative estimate of drug-likeness (QED) is 0.895. The van der Waals surface area contributed by atoms with Gasteiger partial charge in [-0.3, -0.25) is 9.48 Å². The maximum absolute atomic E-state index is 12.0. The Labute approximate surface area is 140 Å². The van der Waals surface area contributed by atoms with Gasteiger partial charge >= 0.3 is 6.03 Å². The number of benzene rings is 1. The van der Waals surface area contributed by atoms with Crippen LogP contribution >= 0.6 is 0 Å². The monoisotopic (exact) mass is 327 g/mol. The summed E-state index contributed by atoms with van der Waals surface area (Å²) in [5.41, 5.74) is 2.90.